The van der Waals surface area contributed by atoms with Crippen LogP contribution >= 0.6 is 0 Å². The van der Waals surface area contributed by atoms with Crippen LogP contribution in [0, 0.1) is 24.9 Å². The number of imidazole rings is 1. The van der Waals surface area contributed by atoms with Crippen molar-refractivity contribution in [3.63, 3.8) is 0 Å². The Kier molecular flexibility index (Phi) is 12.8. The summed E-state index contributed by atoms with van der Waals surface area (Å²) in [6.45, 7) is 19.5. The predicted molar refractivity (Wildman–Crippen MR) is 288 cm³/mol. The molecule has 0 bridgehead atoms. The van der Waals surface area contributed by atoms with E-state index in [1.54, 1.807) is 6.07 Å². The maximum Gasteiger partial charge on any atom is 0.216 e. The van der Waals surface area contributed by atoms with Crippen LogP contribution in [-0.2, 0) is 25.5 Å². The molecule has 0 fully saturated rings. The molecular formula is C62H55FIrN4OSi-2. The molecule has 0 saturated heterocycles. The minimum atomic E-state index is -1.50. The van der Waals surface area contributed by atoms with Crippen LogP contribution < -0.4 is 5.19 Å². The summed E-state index contributed by atoms with van der Waals surface area (Å²) in [5.74, 6) is -0.214. The molecule has 0 unspecified atom stereocenters. The van der Waals surface area contributed by atoms with Gasteiger partial charge in [0.05, 0.1) is 36.2 Å². The monoisotopic (exact) mass is 1110 g/mol. The molecule has 0 N–H and O–H groups in total. The van der Waals surface area contributed by atoms with Crippen LogP contribution in [-0.4, -0.2) is 27.6 Å². The fourth-order valence-corrected chi connectivity index (χ4v) is 10.8. The Morgan fingerprint density at radius 1 is 0.714 bits per heavy atom. The Morgan fingerprint density at radius 3 is 2.01 bits per heavy atom. The summed E-state index contributed by atoms with van der Waals surface area (Å²) in [4.78, 5) is 14.8. The largest absolute Gasteiger partial charge is 0.486 e. The third kappa shape index (κ3) is 9.20. The first-order valence-corrected chi connectivity index (χ1v) is 27.0. The van der Waals surface area contributed by atoms with Crippen LogP contribution in [0.4, 0.5) is 4.39 Å². The zero-order valence-electron chi connectivity index (χ0n) is 42.0. The number of halogens is 1. The van der Waals surface area contributed by atoms with Crippen molar-refractivity contribution >= 4 is 57.1 Å². The first kappa shape index (κ1) is 46.9. The molecule has 0 saturated carbocycles. The Balaban J connectivity index is 0.000000251. The van der Waals surface area contributed by atoms with Crippen molar-refractivity contribution in [2.75, 3.05) is 0 Å². The summed E-state index contributed by atoms with van der Waals surface area (Å²) in [5.41, 5.74) is 13.9. The third-order valence-electron chi connectivity index (χ3n) is 12.9. The van der Waals surface area contributed by atoms with Crippen molar-refractivity contribution in [2.24, 2.45) is 0 Å². The van der Waals surface area contributed by atoms with Crippen LogP contribution in [0.15, 0.2) is 168 Å². The molecule has 4 heterocycles. The number of rotatable bonds is 7. The van der Waals surface area contributed by atoms with Crippen molar-refractivity contribution in [3.8, 4) is 50.6 Å². The van der Waals surface area contributed by atoms with Crippen LogP contribution in [0.5, 0.6) is 0 Å². The van der Waals surface area contributed by atoms with Gasteiger partial charge in [0, 0.05) is 55.3 Å². The van der Waals surface area contributed by atoms with Gasteiger partial charge in [-0.05, 0) is 99.7 Å². The molecule has 0 spiro atoms. The quantitative estimate of drug-likeness (QED) is 0.118. The van der Waals surface area contributed by atoms with E-state index in [1.807, 2.05) is 93.7 Å². The summed E-state index contributed by atoms with van der Waals surface area (Å²) in [7, 11) is -1.50. The smallest absolute Gasteiger partial charge is 0.216 e. The van der Waals surface area contributed by atoms with E-state index in [0.29, 0.717) is 17.1 Å². The van der Waals surface area contributed by atoms with Gasteiger partial charge in [-0.25, -0.2) is 9.37 Å². The number of furan rings is 1. The minimum absolute atomic E-state index is 0. The van der Waals surface area contributed by atoms with E-state index in [0.717, 1.165) is 88.6 Å². The molecule has 11 rings (SSSR count). The van der Waals surface area contributed by atoms with E-state index >= 15 is 0 Å². The van der Waals surface area contributed by atoms with Crippen molar-refractivity contribution in [1.29, 1.82) is 0 Å². The van der Waals surface area contributed by atoms with Crippen molar-refractivity contribution in [2.45, 2.75) is 72.5 Å². The maximum absolute atomic E-state index is 14.5. The van der Waals surface area contributed by atoms with Crippen LogP contribution in [0.1, 0.15) is 58.7 Å². The SMILES string of the molecule is Cc1ccc2c(n1)oc1c(-c3nc4c5ccc(F)cc5ccc4n3-c3c(-c4ccccc4)cc(C(C)(C)C)cc3-c3ccccc3)[c-]ccc12.[2H]C(C)(C)c1cc(-c2[c-]cccc2)ncc1[Si](C)(C)C.[Ir]. The zero-order valence-corrected chi connectivity index (χ0v) is 44.4. The summed E-state index contributed by atoms with van der Waals surface area (Å²) < 4.78 is 31.8. The number of hydrogen-bond acceptors (Lipinski definition) is 4. The average Bonchev–Trinajstić information content (AvgIpc) is 3.92. The van der Waals surface area contributed by atoms with E-state index in [-0.39, 0.29) is 31.3 Å². The fraction of sp³-hybridized carbons (Fsp3) is 0.177. The minimum Gasteiger partial charge on any atom is -0.486 e. The van der Waals surface area contributed by atoms with Crippen LogP contribution in [0.2, 0.25) is 19.6 Å². The van der Waals surface area contributed by atoms with Gasteiger partial charge in [0.25, 0.3) is 0 Å². The Labute approximate surface area is 426 Å². The summed E-state index contributed by atoms with van der Waals surface area (Å²) in [6, 6.07) is 59.3. The molecule has 0 amide bonds. The third-order valence-corrected chi connectivity index (χ3v) is 14.9. The maximum atomic E-state index is 14.5. The molecule has 1 radical (unpaired) electrons. The molecule has 70 heavy (non-hydrogen) atoms. The first-order chi connectivity index (χ1) is 33.4. The number of hydrogen-bond donors (Lipinski definition) is 0. The molecule has 4 aromatic heterocycles. The summed E-state index contributed by atoms with van der Waals surface area (Å²) in [6.07, 6.45) is 1.98. The van der Waals surface area contributed by atoms with Crippen molar-refractivity contribution in [3.05, 3.63) is 199 Å². The number of pyridine rings is 2. The van der Waals surface area contributed by atoms with E-state index < -0.39 is 14.0 Å². The van der Waals surface area contributed by atoms with E-state index in [9.17, 15) is 4.39 Å². The van der Waals surface area contributed by atoms with Gasteiger partial charge >= 0.3 is 0 Å². The van der Waals surface area contributed by atoms with Gasteiger partial charge < -0.3 is 14.0 Å². The van der Waals surface area contributed by atoms with Crippen LogP contribution in [0.3, 0.4) is 0 Å². The van der Waals surface area contributed by atoms with Gasteiger partial charge in [0.15, 0.2) is 0 Å². The molecule has 351 valence electrons. The second-order valence-electron chi connectivity index (χ2n) is 20.1. The topological polar surface area (TPSA) is 56.7 Å². The van der Waals surface area contributed by atoms with Crippen LogP contribution in [0.25, 0.3) is 94.5 Å². The molecule has 5 nitrogen and oxygen atoms in total. The van der Waals surface area contributed by atoms with Gasteiger partial charge in [-0.2, -0.15) is 0 Å². The molecule has 8 heteroatoms. The number of aromatic nitrogens is 4. The standard InChI is InChI=1S/C45H33FN3O.C17H22NSi.Ir/c1-27-18-21-35-34-16-11-17-36(42(34)50-44(35)47-27)43-48-40-33-22-20-32(46)24-30(33)19-23-39(40)49(43)41-37(28-12-7-5-8-13-28)25-31(45(2,3)4)26-38(41)29-14-9-6-10-15-29;1-13(2)15-11-16(14-9-7-6-8-10-14)18-12-17(15)19(3,4)5;/h5-16,18-26H,1-4H3;6-9,11-13H,1-5H3;/q2*-1;/i;13D;. The second kappa shape index (κ2) is 19.2. The molecular weight excluding hydrogens is 1060 g/mol. The van der Waals surface area contributed by atoms with Gasteiger partial charge in [0.1, 0.15) is 5.82 Å². The molecule has 11 aromatic rings. The second-order valence-corrected chi connectivity index (χ2v) is 25.2. The Hall–Kier alpha value is -6.83. The fourth-order valence-electron chi connectivity index (χ4n) is 9.27. The van der Waals surface area contributed by atoms with Crippen molar-refractivity contribution in [1.82, 2.24) is 19.5 Å². The molecule has 0 aliphatic carbocycles. The molecule has 0 aliphatic heterocycles. The predicted octanol–water partition coefficient (Wildman–Crippen LogP) is 16.2. The zero-order chi connectivity index (χ0) is 49.1. The summed E-state index contributed by atoms with van der Waals surface area (Å²) >= 11 is 0. The molecule has 7 aromatic carbocycles. The van der Waals surface area contributed by atoms with Gasteiger partial charge in [0.2, 0.25) is 5.71 Å². The normalized spacial score (nSPS) is 12.2. The number of benzene rings is 7. The Bertz CT molecular complexity index is 3680. The first-order valence-electron chi connectivity index (χ1n) is 24.0. The number of nitrogens with zero attached hydrogens (tertiary/aromatic N) is 4. The van der Waals surface area contributed by atoms with Crippen molar-refractivity contribution < 1.29 is 30.3 Å². The summed E-state index contributed by atoms with van der Waals surface area (Å²) in [5, 5.41) is 4.81. The van der Waals surface area contributed by atoms with Gasteiger partial charge in [-0.15, -0.1) is 54.1 Å². The molecule has 0 aliphatic rings. The number of aryl methyl sites for hydroxylation is 1. The van der Waals surface area contributed by atoms with Gasteiger partial charge in [-0.1, -0.05) is 144 Å². The van der Waals surface area contributed by atoms with E-state index in [2.05, 4.69) is 141 Å². The number of fused-ring (bicyclic) bond motifs is 6. The van der Waals surface area contributed by atoms with Gasteiger partial charge in [-0.3, -0.25) is 4.98 Å². The average molecular weight is 1110 g/mol. The Morgan fingerprint density at radius 2 is 1.39 bits per heavy atom. The van der Waals surface area contributed by atoms with E-state index in [4.69, 9.17) is 15.8 Å². The van der Waals surface area contributed by atoms with E-state index in [1.165, 1.54) is 16.8 Å². The molecule has 0 atom stereocenters.